The number of phosphoric acid groups is 1. The third-order valence-corrected chi connectivity index (χ3v) is 6.65. The second-order valence-corrected chi connectivity index (χ2v) is 9.62. The summed E-state index contributed by atoms with van der Waals surface area (Å²) in [5.41, 5.74) is 6.75. The monoisotopic (exact) mass is 485 g/mol. The van der Waals surface area contributed by atoms with Crippen molar-refractivity contribution in [2.24, 2.45) is 5.92 Å². The van der Waals surface area contributed by atoms with Crippen LogP contribution < -0.4 is 10.5 Å². The summed E-state index contributed by atoms with van der Waals surface area (Å²) in [5, 5.41) is 0. The maximum Gasteiger partial charge on any atom is 0.475 e. The molecule has 2 aromatic rings. The summed E-state index contributed by atoms with van der Waals surface area (Å²) < 4.78 is 47.7. The number of rotatable bonds is 8. The molecule has 0 amide bonds. The van der Waals surface area contributed by atoms with Crippen molar-refractivity contribution in [3.8, 4) is 5.88 Å². The quantitative estimate of drug-likeness (QED) is 0.430. The molecular formula is C19H28N5O8P. The van der Waals surface area contributed by atoms with E-state index in [1.165, 1.54) is 0 Å². The molecule has 2 fully saturated rings. The molecule has 5 unspecified atom stereocenters. The summed E-state index contributed by atoms with van der Waals surface area (Å²) in [5.74, 6) is -0.380. The predicted octanol–water partition coefficient (Wildman–Crippen LogP) is 2.22. The van der Waals surface area contributed by atoms with Crippen molar-refractivity contribution in [3.63, 3.8) is 0 Å². The second kappa shape index (κ2) is 9.51. The molecule has 14 heteroatoms. The first kappa shape index (κ1) is 23.8. The number of phosphoric ester groups is 1. The highest BCUT2D eigenvalue weighted by Gasteiger charge is 2.52. The Labute approximate surface area is 190 Å². The number of esters is 1. The van der Waals surface area contributed by atoms with Crippen molar-refractivity contribution in [2.75, 3.05) is 25.6 Å². The number of fused-ring (bicyclic) bond motifs is 2. The minimum absolute atomic E-state index is 0.00712. The van der Waals surface area contributed by atoms with Gasteiger partial charge in [-0.2, -0.15) is 9.97 Å². The first-order valence-electron chi connectivity index (χ1n) is 10.8. The van der Waals surface area contributed by atoms with E-state index in [1.54, 1.807) is 24.7 Å². The lowest BCUT2D eigenvalue weighted by Gasteiger charge is -2.31. The topological polar surface area (TPSA) is 159 Å². The van der Waals surface area contributed by atoms with Gasteiger partial charge in [-0.1, -0.05) is 6.92 Å². The first-order chi connectivity index (χ1) is 15.7. The molecule has 2 saturated heterocycles. The van der Waals surface area contributed by atoms with Gasteiger partial charge in [-0.15, -0.1) is 0 Å². The molecule has 2 N–H and O–H groups in total. The Bertz CT molecular complexity index is 1060. The summed E-state index contributed by atoms with van der Waals surface area (Å²) in [4.78, 5) is 24.4. The highest BCUT2D eigenvalue weighted by atomic mass is 31.2. The van der Waals surface area contributed by atoms with E-state index in [2.05, 4.69) is 15.0 Å². The van der Waals surface area contributed by atoms with Crippen molar-refractivity contribution >= 4 is 30.9 Å². The SMILES string of the molecule is CCOc1nc(N)nc2c1ncn2C1OC2COP(=O)(OCCC(=O)OC(C)C)OC2C1C. The van der Waals surface area contributed by atoms with Gasteiger partial charge >= 0.3 is 13.8 Å². The van der Waals surface area contributed by atoms with Gasteiger partial charge in [0, 0.05) is 5.92 Å². The van der Waals surface area contributed by atoms with Gasteiger partial charge < -0.3 is 19.9 Å². The number of ether oxygens (including phenoxy) is 3. The number of hydrogen-bond donors (Lipinski definition) is 1. The van der Waals surface area contributed by atoms with Crippen molar-refractivity contribution in [3.05, 3.63) is 6.33 Å². The summed E-state index contributed by atoms with van der Waals surface area (Å²) in [6, 6.07) is 0. The van der Waals surface area contributed by atoms with Crippen molar-refractivity contribution < 1.29 is 37.1 Å². The van der Waals surface area contributed by atoms with Gasteiger partial charge in [-0.25, -0.2) is 9.55 Å². The lowest BCUT2D eigenvalue weighted by molar-refractivity contribution is -0.148. The van der Waals surface area contributed by atoms with E-state index in [9.17, 15) is 9.36 Å². The number of nitrogens with two attached hydrogens (primary N) is 1. The van der Waals surface area contributed by atoms with Crippen molar-refractivity contribution in [2.45, 2.75) is 58.7 Å². The molecule has 0 spiro atoms. The zero-order valence-corrected chi connectivity index (χ0v) is 19.8. The Morgan fingerprint density at radius 3 is 2.91 bits per heavy atom. The van der Waals surface area contributed by atoms with E-state index in [0.29, 0.717) is 17.8 Å². The molecule has 13 nitrogen and oxygen atoms in total. The van der Waals surface area contributed by atoms with Gasteiger partial charge in [0.25, 0.3) is 0 Å². The summed E-state index contributed by atoms with van der Waals surface area (Å²) in [6.07, 6.45) is -0.330. The fraction of sp³-hybridized carbons (Fsp3) is 0.684. The molecule has 182 valence electrons. The lowest BCUT2D eigenvalue weighted by atomic mass is 10.0. The van der Waals surface area contributed by atoms with Crippen LogP contribution in [0.2, 0.25) is 0 Å². The predicted molar refractivity (Wildman–Crippen MR) is 114 cm³/mol. The highest BCUT2D eigenvalue weighted by molar-refractivity contribution is 7.48. The Hall–Kier alpha value is -2.31. The number of anilines is 1. The Morgan fingerprint density at radius 1 is 1.39 bits per heavy atom. The lowest BCUT2D eigenvalue weighted by Crippen LogP contribution is -2.36. The van der Waals surface area contributed by atoms with Crippen LogP contribution in [0.1, 0.15) is 40.3 Å². The van der Waals surface area contributed by atoms with Crippen LogP contribution in [0, 0.1) is 5.92 Å². The Balaban J connectivity index is 1.46. The van der Waals surface area contributed by atoms with Crippen LogP contribution in [-0.2, 0) is 32.4 Å². The van der Waals surface area contributed by atoms with Gasteiger partial charge in [0.15, 0.2) is 11.2 Å². The molecule has 2 aliphatic rings. The molecule has 0 radical (unpaired) electrons. The molecule has 4 heterocycles. The normalized spacial score (nSPS) is 29.4. The molecule has 4 rings (SSSR count). The zero-order chi connectivity index (χ0) is 23.8. The van der Waals surface area contributed by atoms with Gasteiger partial charge in [0.2, 0.25) is 11.8 Å². The van der Waals surface area contributed by atoms with Crippen LogP contribution in [0.5, 0.6) is 5.88 Å². The van der Waals surface area contributed by atoms with Gasteiger partial charge in [0.1, 0.15) is 18.4 Å². The number of hydrogen-bond acceptors (Lipinski definition) is 12. The Kier molecular flexibility index (Phi) is 6.87. The number of nitrogen functional groups attached to an aromatic ring is 1. The van der Waals surface area contributed by atoms with Gasteiger partial charge in [0.05, 0.1) is 38.7 Å². The van der Waals surface area contributed by atoms with E-state index in [0.717, 1.165) is 0 Å². The van der Waals surface area contributed by atoms with Gasteiger partial charge in [-0.05, 0) is 20.8 Å². The number of imidazole rings is 1. The fourth-order valence-corrected chi connectivity index (χ4v) is 5.27. The largest absolute Gasteiger partial charge is 0.476 e. The molecule has 33 heavy (non-hydrogen) atoms. The third-order valence-electron chi connectivity index (χ3n) is 5.18. The van der Waals surface area contributed by atoms with Crippen LogP contribution in [-0.4, -0.2) is 63.6 Å². The van der Waals surface area contributed by atoms with Crippen molar-refractivity contribution in [1.82, 2.24) is 19.5 Å². The molecular weight excluding hydrogens is 457 g/mol. The van der Waals surface area contributed by atoms with E-state index in [-0.39, 0.29) is 43.5 Å². The van der Waals surface area contributed by atoms with Crippen LogP contribution in [0.4, 0.5) is 5.95 Å². The molecule has 2 aliphatic heterocycles. The number of carbonyl (C=O) groups excluding carboxylic acids is 1. The standard InChI is InChI=1S/C19H28N5O8P/c1-5-27-17-14-16(22-19(20)23-17)24(9-21-14)18-11(4)15-12(31-18)8-29-33(26,32-15)28-7-6-13(25)30-10(2)3/h9-12,15,18H,5-8H2,1-4H3,(H2,20,22,23). The van der Waals surface area contributed by atoms with E-state index in [4.69, 9.17) is 33.5 Å². The van der Waals surface area contributed by atoms with Crippen LogP contribution in [0.25, 0.3) is 11.2 Å². The maximum absolute atomic E-state index is 12.9. The maximum atomic E-state index is 12.9. The molecule has 0 bridgehead atoms. The van der Waals surface area contributed by atoms with Crippen LogP contribution in [0.15, 0.2) is 6.33 Å². The van der Waals surface area contributed by atoms with Gasteiger partial charge in [-0.3, -0.25) is 22.9 Å². The summed E-state index contributed by atoms with van der Waals surface area (Å²) in [6.45, 7) is 7.47. The summed E-state index contributed by atoms with van der Waals surface area (Å²) >= 11 is 0. The fourth-order valence-electron chi connectivity index (χ4n) is 3.80. The first-order valence-corrected chi connectivity index (χ1v) is 12.2. The summed E-state index contributed by atoms with van der Waals surface area (Å²) in [7, 11) is -3.87. The second-order valence-electron chi connectivity index (χ2n) is 8.00. The van der Waals surface area contributed by atoms with E-state index in [1.807, 2.05) is 13.8 Å². The smallest absolute Gasteiger partial charge is 0.475 e. The average Bonchev–Trinajstić information content (AvgIpc) is 3.28. The average molecular weight is 485 g/mol. The minimum atomic E-state index is -3.87. The molecule has 0 aromatic carbocycles. The molecule has 5 atom stereocenters. The van der Waals surface area contributed by atoms with Crippen LogP contribution in [0.3, 0.4) is 0 Å². The molecule has 0 aliphatic carbocycles. The number of nitrogens with zero attached hydrogens (tertiary/aromatic N) is 4. The third kappa shape index (κ3) is 4.97. The van der Waals surface area contributed by atoms with E-state index >= 15 is 0 Å². The van der Waals surface area contributed by atoms with E-state index < -0.39 is 32.2 Å². The Morgan fingerprint density at radius 2 is 2.18 bits per heavy atom. The number of carbonyl (C=O) groups is 1. The highest BCUT2D eigenvalue weighted by Crippen LogP contribution is 2.58. The minimum Gasteiger partial charge on any atom is -0.476 e. The number of aromatic nitrogens is 4. The molecule has 2 aromatic heterocycles. The van der Waals surface area contributed by atoms with Crippen LogP contribution >= 0.6 is 7.82 Å². The zero-order valence-electron chi connectivity index (χ0n) is 18.9. The molecule has 0 saturated carbocycles. The van der Waals surface area contributed by atoms with Crippen molar-refractivity contribution in [1.29, 1.82) is 0 Å².